The highest BCUT2D eigenvalue weighted by molar-refractivity contribution is 5.94. The van der Waals surface area contributed by atoms with Crippen molar-refractivity contribution in [3.05, 3.63) is 65.2 Å². The highest BCUT2D eigenvalue weighted by atomic mass is 16.5. The zero-order chi connectivity index (χ0) is 17.5. The van der Waals surface area contributed by atoms with Crippen LogP contribution in [0, 0.1) is 0 Å². The number of ether oxygens (including phenoxy) is 1. The maximum absolute atomic E-state index is 11.8. The molecule has 0 fully saturated rings. The summed E-state index contributed by atoms with van der Waals surface area (Å²) in [5.41, 5.74) is 6.96. The molecule has 3 N–H and O–H groups in total. The van der Waals surface area contributed by atoms with Crippen molar-refractivity contribution in [2.24, 2.45) is 5.73 Å². The van der Waals surface area contributed by atoms with E-state index in [4.69, 9.17) is 10.5 Å². The van der Waals surface area contributed by atoms with E-state index in [0.29, 0.717) is 16.9 Å². The van der Waals surface area contributed by atoms with E-state index < -0.39 is 5.91 Å². The first kappa shape index (κ1) is 17.2. The highest BCUT2D eigenvalue weighted by Gasteiger charge is 2.06. The quantitative estimate of drug-likeness (QED) is 0.756. The van der Waals surface area contributed by atoms with Gasteiger partial charge in [0.1, 0.15) is 5.75 Å². The van der Waals surface area contributed by atoms with Crippen LogP contribution in [0.2, 0.25) is 0 Å². The number of carbonyl (C=O) groups excluding carboxylic acids is 3. The van der Waals surface area contributed by atoms with Crippen molar-refractivity contribution in [3.8, 4) is 5.75 Å². The number of rotatable bonds is 7. The first-order valence-corrected chi connectivity index (χ1v) is 7.35. The predicted octanol–water partition coefficient (Wildman–Crippen LogP) is 1.68. The van der Waals surface area contributed by atoms with Gasteiger partial charge in [0.15, 0.2) is 12.4 Å². The van der Waals surface area contributed by atoms with Crippen LogP contribution in [-0.2, 0) is 11.3 Å². The third-order valence-electron chi connectivity index (χ3n) is 3.33. The maximum atomic E-state index is 11.8. The van der Waals surface area contributed by atoms with Gasteiger partial charge in [-0.05, 0) is 48.9 Å². The number of benzene rings is 2. The number of carbonyl (C=O) groups is 3. The van der Waals surface area contributed by atoms with E-state index in [-0.39, 0.29) is 24.8 Å². The number of nitrogens with one attached hydrogen (secondary N) is 1. The minimum Gasteiger partial charge on any atom is -0.484 e. The number of hydrogen-bond acceptors (Lipinski definition) is 4. The molecule has 0 heterocycles. The molecule has 0 aromatic heterocycles. The minimum absolute atomic E-state index is 0.0301. The van der Waals surface area contributed by atoms with Gasteiger partial charge in [0.2, 0.25) is 5.91 Å². The van der Waals surface area contributed by atoms with E-state index in [9.17, 15) is 14.4 Å². The standard InChI is InChI=1S/C18H18N2O4/c1-12(21)14-5-7-16(8-6-14)24-11-17(22)20-10-13-3-2-4-15(9-13)18(19)23/h2-9H,10-11H2,1H3,(H2,19,23)(H,20,22). The van der Waals surface area contributed by atoms with Crippen molar-refractivity contribution in [1.82, 2.24) is 5.32 Å². The van der Waals surface area contributed by atoms with Crippen LogP contribution in [-0.4, -0.2) is 24.2 Å². The lowest BCUT2D eigenvalue weighted by Crippen LogP contribution is -2.28. The van der Waals surface area contributed by atoms with E-state index >= 15 is 0 Å². The van der Waals surface area contributed by atoms with E-state index in [1.165, 1.54) is 6.92 Å². The molecule has 0 saturated heterocycles. The number of primary amides is 1. The summed E-state index contributed by atoms with van der Waals surface area (Å²) in [4.78, 5) is 34.1. The molecule has 0 aliphatic rings. The molecular weight excluding hydrogens is 308 g/mol. The Bertz CT molecular complexity index is 754. The second-order valence-electron chi connectivity index (χ2n) is 5.21. The Morgan fingerprint density at radius 3 is 2.38 bits per heavy atom. The summed E-state index contributed by atoms with van der Waals surface area (Å²) in [6, 6.07) is 13.3. The average Bonchev–Trinajstić information content (AvgIpc) is 2.58. The number of nitrogens with two attached hydrogens (primary N) is 1. The van der Waals surface area contributed by atoms with Crippen LogP contribution in [0.5, 0.6) is 5.75 Å². The zero-order valence-electron chi connectivity index (χ0n) is 13.2. The third-order valence-corrected chi connectivity index (χ3v) is 3.33. The van der Waals surface area contributed by atoms with E-state index in [1.54, 1.807) is 48.5 Å². The molecular formula is C18H18N2O4. The predicted molar refractivity (Wildman–Crippen MR) is 88.7 cm³/mol. The number of hydrogen-bond donors (Lipinski definition) is 2. The van der Waals surface area contributed by atoms with Gasteiger partial charge in [-0.2, -0.15) is 0 Å². The SMILES string of the molecule is CC(=O)c1ccc(OCC(=O)NCc2cccc(C(N)=O)c2)cc1. The fourth-order valence-electron chi connectivity index (χ4n) is 2.02. The lowest BCUT2D eigenvalue weighted by Gasteiger charge is -2.08. The van der Waals surface area contributed by atoms with Gasteiger partial charge in [0.05, 0.1) is 0 Å². The second kappa shape index (κ2) is 7.92. The molecule has 6 heteroatoms. The fourth-order valence-corrected chi connectivity index (χ4v) is 2.02. The Balaban J connectivity index is 1.82. The third kappa shape index (κ3) is 4.95. The van der Waals surface area contributed by atoms with Crippen molar-refractivity contribution in [2.75, 3.05) is 6.61 Å². The zero-order valence-corrected chi connectivity index (χ0v) is 13.2. The summed E-state index contributed by atoms with van der Waals surface area (Å²) < 4.78 is 5.36. The number of amides is 2. The van der Waals surface area contributed by atoms with Gasteiger partial charge in [-0.15, -0.1) is 0 Å². The Morgan fingerprint density at radius 1 is 1.04 bits per heavy atom. The van der Waals surface area contributed by atoms with Crippen molar-refractivity contribution in [1.29, 1.82) is 0 Å². The van der Waals surface area contributed by atoms with E-state index in [0.717, 1.165) is 5.56 Å². The summed E-state index contributed by atoms with van der Waals surface area (Å²) in [6.45, 7) is 1.61. The molecule has 124 valence electrons. The largest absolute Gasteiger partial charge is 0.484 e. The molecule has 2 aromatic rings. The molecule has 0 atom stereocenters. The van der Waals surface area contributed by atoms with Gasteiger partial charge in [-0.3, -0.25) is 14.4 Å². The van der Waals surface area contributed by atoms with Crippen molar-refractivity contribution in [3.63, 3.8) is 0 Å². The smallest absolute Gasteiger partial charge is 0.258 e. The first-order chi connectivity index (χ1) is 11.5. The molecule has 2 amide bonds. The fraction of sp³-hybridized carbons (Fsp3) is 0.167. The molecule has 0 radical (unpaired) electrons. The number of Topliss-reactive ketones (excluding diaryl/α,β-unsaturated/α-hetero) is 1. The highest BCUT2D eigenvalue weighted by Crippen LogP contribution is 2.12. The molecule has 24 heavy (non-hydrogen) atoms. The Labute approximate surface area is 139 Å². The summed E-state index contributed by atoms with van der Waals surface area (Å²) in [5, 5.41) is 2.69. The molecule has 0 aliphatic heterocycles. The van der Waals surface area contributed by atoms with Gasteiger partial charge >= 0.3 is 0 Å². The van der Waals surface area contributed by atoms with E-state index in [2.05, 4.69) is 5.32 Å². The summed E-state index contributed by atoms with van der Waals surface area (Å²) >= 11 is 0. The molecule has 6 nitrogen and oxygen atoms in total. The molecule has 0 spiro atoms. The average molecular weight is 326 g/mol. The lowest BCUT2D eigenvalue weighted by atomic mass is 10.1. The number of ketones is 1. The summed E-state index contributed by atoms with van der Waals surface area (Å²) in [7, 11) is 0. The normalized spacial score (nSPS) is 10.0. The van der Waals surface area contributed by atoms with Gasteiger partial charge < -0.3 is 15.8 Å². The molecule has 2 rings (SSSR count). The molecule has 0 unspecified atom stereocenters. The van der Waals surface area contributed by atoms with Crippen molar-refractivity contribution >= 4 is 17.6 Å². The second-order valence-corrected chi connectivity index (χ2v) is 5.21. The lowest BCUT2D eigenvalue weighted by molar-refractivity contribution is -0.123. The van der Waals surface area contributed by atoms with Crippen LogP contribution in [0.15, 0.2) is 48.5 Å². The van der Waals surface area contributed by atoms with Crippen molar-refractivity contribution < 1.29 is 19.1 Å². The Morgan fingerprint density at radius 2 is 1.75 bits per heavy atom. The Kier molecular flexibility index (Phi) is 5.68. The summed E-state index contributed by atoms with van der Waals surface area (Å²) in [6.07, 6.45) is 0. The van der Waals surface area contributed by atoms with Gasteiger partial charge in [-0.25, -0.2) is 0 Å². The molecule has 0 saturated carbocycles. The van der Waals surface area contributed by atoms with Crippen molar-refractivity contribution in [2.45, 2.75) is 13.5 Å². The Hall–Kier alpha value is -3.15. The maximum Gasteiger partial charge on any atom is 0.258 e. The van der Waals surface area contributed by atoms with Crippen LogP contribution in [0.1, 0.15) is 33.2 Å². The minimum atomic E-state index is -0.513. The first-order valence-electron chi connectivity index (χ1n) is 7.35. The topological polar surface area (TPSA) is 98.5 Å². The molecule has 0 aliphatic carbocycles. The van der Waals surface area contributed by atoms with Gasteiger partial charge in [0, 0.05) is 17.7 Å². The van der Waals surface area contributed by atoms with Gasteiger partial charge in [-0.1, -0.05) is 12.1 Å². The van der Waals surface area contributed by atoms with Crippen LogP contribution >= 0.6 is 0 Å². The summed E-state index contributed by atoms with van der Waals surface area (Å²) in [5.74, 6) is -0.334. The van der Waals surface area contributed by atoms with Crippen LogP contribution in [0.25, 0.3) is 0 Å². The van der Waals surface area contributed by atoms with Crippen LogP contribution in [0.4, 0.5) is 0 Å². The molecule has 0 bridgehead atoms. The van der Waals surface area contributed by atoms with Crippen LogP contribution < -0.4 is 15.8 Å². The van der Waals surface area contributed by atoms with Crippen LogP contribution in [0.3, 0.4) is 0 Å². The van der Waals surface area contributed by atoms with E-state index in [1.807, 2.05) is 0 Å². The molecule has 2 aromatic carbocycles. The monoisotopic (exact) mass is 326 g/mol. The van der Waals surface area contributed by atoms with Gasteiger partial charge in [0.25, 0.3) is 5.91 Å².